The average Bonchev–Trinajstić information content (AvgIpc) is 2.90. The zero-order chi connectivity index (χ0) is 18.5. The summed E-state index contributed by atoms with van der Waals surface area (Å²) in [4.78, 5) is 14.5. The summed E-state index contributed by atoms with van der Waals surface area (Å²) in [7, 11) is 0. The highest BCUT2D eigenvalue weighted by Gasteiger charge is 2.30. The molecule has 0 radical (unpaired) electrons. The molecule has 3 nitrogen and oxygen atoms in total. The third kappa shape index (κ3) is 4.23. The van der Waals surface area contributed by atoms with E-state index in [1.54, 1.807) is 11.0 Å². The predicted molar refractivity (Wildman–Crippen MR) is 112 cm³/mol. The van der Waals surface area contributed by atoms with Gasteiger partial charge in [-0.3, -0.25) is 9.69 Å². The summed E-state index contributed by atoms with van der Waals surface area (Å²) in [5.41, 5.74) is 3.32. The summed E-state index contributed by atoms with van der Waals surface area (Å²) >= 11 is 6.57. The molecule has 5 heteroatoms. The van der Waals surface area contributed by atoms with Crippen LogP contribution in [0.5, 0.6) is 5.75 Å². The molecule has 0 N–H and O–H groups in total. The van der Waals surface area contributed by atoms with Gasteiger partial charge < -0.3 is 4.74 Å². The fourth-order valence-corrected chi connectivity index (χ4v) is 3.81. The lowest BCUT2D eigenvalue weighted by atomic mass is 10.1. The molecule has 1 heterocycles. The third-order valence-electron chi connectivity index (χ3n) is 4.02. The van der Waals surface area contributed by atoms with Gasteiger partial charge in [-0.15, -0.1) is 6.58 Å². The molecular formula is C21H19NO2S2. The van der Waals surface area contributed by atoms with Gasteiger partial charge in [-0.05, 0) is 41.8 Å². The molecule has 1 fully saturated rings. The van der Waals surface area contributed by atoms with Crippen LogP contribution in [0, 0.1) is 6.92 Å². The van der Waals surface area contributed by atoms with Crippen LogP contribution in [0.2, 0.25) is 0 Å². The lowest BCUT2D eigenvalue weighted by molar-refractivity contribution is -0.121. The molecule has 0 aromatic heterocycles. The lowest BCUT2D eigenvalue weighted by Crippen LogP contribution is -2.27. The summed E-state index contributed by atoms with van der Waals surface area (Å²) in [6.45, 7) is 6.71. The Bertz CT molecular complexity index is 872. The molecule has 0 aliphatic carbocycles. The van der Waals surface area contributed by atoms with Crippen LogP contribution in [0.25, 0.3) is 6.08 Å². The molecule has 3 rings (SSSR count). The maximum absolute atomic E-state index is 12.3. The van der Waals surface area contributed by atoms with E-state index in [4.69, 9.17) is 17.0 Å². The van der Waals surface area contributed by atoms with Gasteiger partial charge >= 0.3 is 0 Å². The number of thiocarbonyl (C=S) groups is 1. The van der Waals surface area contributed by atoms with Gasteiger partial charge in [-0.25, -0.2) is 0 Å². The second-order valence-corrected chi connectivity index (χ2v) is 7.54. The van der Waals surface area contributed by atoms with Gasteiger partial charge in [0.2, 0.25) is 0 Å². The number of thioether (sulfide) groups is 1. The van der Waals surface area contributed by atoms with E-state index in [0.29, 0.717) is 22.4 Å². The van der Waals surface area contributed by atoms with Crippen LogP contribution < -0.4 is 4.74 Å². The zero-order valence-corrected chi connectivity index (χ0v) is 16.1. The first-order valence-corrected chi connectivity index (χ1v) is 9.44. The van der Waals surface area contributed by atoms with Crippen molar-refractivity contribution in [3.63, 3.8) is 0 Å². The summed E-state index contributed by atoms with van der Waals surface area (Å²) < 4.78 is 6.42. The fourth-order valence-electron chi connectivity index (χ4n) is 2.53. The van der Waals surface area contributed by atoms with Crippen LogP contribution in [0.4, 0.5) is 0 Å². The summed E-state index contributed by atoms with van der Waals surface area (Å²) in [6.07, 6.45) is 3.53. The molecule has 0 saturated carbocycles. The Morgan fingerprint density at radius 1 is 1.19 bits per heavy atom. The molecule has 0 spiro atoms. The number of carbonyl (C=O) groups excluding carboxylic acids is 1. The largest absolute Gasteiger partial charge is 0.489 e. The average molecular weight is 382 g/mol. The minimum absolute atomic E-state index is 0.0696. The Balaban J connectivity index is 1.66. The number of amides is 1. The first-order valence-electron chi connectivity index (χ1n) is 8.22. The molecule has 26 heavy (non-hydrogen) atoms. The van der Waals surface area contributed by atoms with E-state index in [1.807, 2.05) is 42.5 Å². The van der Waals surface area contributed by atoms with Crippen LogP contribution in [-0.2, 0) is 11.4 Å². The number of ether oxygens (including phenoxy) is 1. The van der Waals surface area contributed by atoms with Crippen LogP contribution in [-0.4, -0.2) is 21.7 Å². The number of rotatable bonds is 6. The van der Waals surface area contributed by atoms with E-state index in [0.717, 1.165) is 11.3 Å². The van der Waals surface area contributed by atoms with Crippen LogP contribution in [0.3, 0.4) is 0 Å². The molecule has 0 unspecified atom stereocenters. The minimum Gasteiger partial charge on any atom is -0.489 e. The number of hydrogen-bond acceptors (Lipinski definition) is 4. The van der Waals surface area contributed by atoms with E-state index < -0.39 is 0 Å². The van der Waals surface area contributed by atoms with Gasteiger partial charge in [0.05, 0.1) is 4.91 Å². The van der Waals surface area contributed by atoms with Crippen molar-refractivity contribution >= 4 is 40.3 Å². The molecule has 1 aliphatic rings. The van der Waals surface area contributed by atoms with Crippen molar-refractivity contribution in [3.8, 4) is 5.75 Å². The van der Waals surface area contributed by atoms with Crippen LogP contribution in [0.15, 0.2) is 66.1 Å². The quantitative estimate of drug-likeness (QED) is 0.402. The van der Waals surface area contributed by atoms with Gasteiger partial charge in [0.1, 0.15) is 16.7 Å². The summed E-state index contributed by atoms with van der Waals surface area (Å²) in [6, 6.07) is 15.9. The molecule has 0 atom stereocenters. The predicted octanol–water partition coefficient (Wildman–Crippen LogP) is 4.96. The lowest BCUT2D eigenvalue weighted by Gasteiger charge is -2.10. The molecule has 1 amide bonds. The van der Waals surface area contributed by atoms with Gasteiger partial charge in [-0.2, -0.15) is 0 Å². The van der Waals surface area contributed by atoms with Gasteiger partial charge in [-0.1, -0.05) is 66.5 Å². The van der Waals surface area contributed by atoms with E-state index in [-0.39, 0.29) is 5.91 Å². The van der Waals surface area contributed by atoms with Gasteiger partial charge in [0.25, 0.3) is 5.91 Å². The molecule has 1 saturated heterocycles. The first kappa shape index (κ1) is 18.4. The number of benzene rings is 2. The highest BCUT2D eigenvalue weighted by molar-refractivity contribution is 8.26. The van der Waals surface area contributed by atoms with Gasteiger partial charge in [0, 0.05) is 6.54 Å². The van der Waals surface area contributed by atoms with Crippen LogP contribution >= 0.6 is 24.0 Å². The second-order valence-electron chi connectivity index (χ2n) is 5.87. The van der Waals surface area contributed by atoms with Crippen molar-refractivity contribution < 1.29 is 9.53 Å². The van der Waals surface area contributed by atoms with Crippen LogP contribution in [0.1, 0.15) is 16.7 Å². The normalized spacial score (nSPS) is 15.6. The Hall–Kier alpha value is -2.37. The van der Waals surface area contributed by atoms with Crippen molar-refractivity contribution in [2.75, 3.05) is 6.54 Å². The molecule has 2 aromatic rings. The molecule has 132 valence electrons. The summed E-state index contributed by atoms with van der Waals surface area (Å²) in [5, 5.41) is 0. The standard InChI is InChI=1S/C21H19NO2S2/c1-3-12-22-20(23)19(26-21(22)25)13-16-8-10-18(11-9-16)24-14-17-7-5-4-6-15(17)2/h3-11,13H,1,12,14H2,2H3/b19-13-. The van der Waals surface area contributed by atoms with Crippen molar-refractivity contribution in [1.29, 1.82) is 0 Å². The van der Waals surface area contributed by atoms with Crippen molar-refractivity contribution in [2.24, 2.45) is 0 Å². The maximum Gasteiger partial charge on any atom is 0.266 e. The molecule has 0 bridgehead atoms. The van der Waals surface area contributed by atoms with Crippen molar-refractivity contribution in [1.82, 2.24) is 4.90 Å². The topological polar surface area (TPSA) is 29.5 Å². The fraction of sp³-hybridized carbons (Fsp3) is 0.143. The van der Waals surface area contributed by atoms with E-state index in [2.05, 4.69) is 25.6 Å². The molecular weight excluding hydrogens is 362 g/mol. The zero-order valence-electron chi connectivity index (χ0n) is 14.5. The number of aryl methyl sites for hydroxylation is 1. The van der Waals surface area contributed by atoms with E-state index in [1.165, 1.54) is 22.9 Å². The van der Waals surface area contributed by atoms with Crippen molar-refractivity contribution in [2.45, 2.75) is 13.5 Å². The smallest absolute Gasteiger partial charge is 0.266 e. The molecule has 2 aromatic carbocycles. The first-order chi connectivity index (χ1) is 12.6. The highest BCUT2D eigenvalue weighted by atomic mass is 32.2. The monoisotopic (exact) mass is 381 g/mol. The number of nitrogens with zero attached hydrogens (tertiary/aromatic N) is 1. The Morgan fingerprint density at radius 2 is 1.92 bits per heavy atom. The van der Waals surface area contributed by atoms with E-state index in [9.17, 15) is 4.79 Å². The van der Waals surface area contributed by atoms with E-state index >= 15 is 0 Å². The van der Waals surface area contributed by atoms with Gasteiger partial charge in [0.15, 0.2) is 0 Å². The Labute approximate surface area is 163 Å². The number of hydrogen-bond donors (Lipinski definition) is 0. The highest BCUT2D eigenvalue weighted by Crippen LogP contribution is 2.32. The SMILES string of the molecule is C=CCN1C(=O)/C(=C/c2ccc(OCc3ccccc3C)cc2)SC1=S. The Kier molecular flexibility index (Phi) is 5.91. The maximum atomic E-state index is 12.3. The second kappa shape index (κ2) is 8.34. The molecule has 1 aliphatic heterocycles. The summed E-state index contributed by atoms with van der Waals surface area (Å²) in [5.74, 6) is 0.726. The third-order valence-corrected chi connectivity index (χ3v) is 5.40. The minimum atomic E-state index is -0.0696. The Morgan fingerprint density at radius 3 is 2.62 bits per heavy atom. The number of carbonyl (C=O) groups is 1. The van der Waals surface area contributed by atoms with Crippen molar-refractivity contribution in [3.05, 3.63) is 82.8 Å².